The van der Waals surface area contributed by atoms with Crippen LogP contribution in [0.2, 0.25) is 0 Å². The highest BCUT2D eigenvalue weighted by Gasteiger charge is 2.41. The molecule has 0 radical (unpaired) electrons. The predicted molar refractivity (Wildman–Crippen MR) is 126 cm³/mol. The average molecular weight is 426 g/mol. The Morgan fingerprint density at radius 3 is 2.52 bits per heavy atom. The molecule has 1 aliphatic rings. The average Bonchev–Trinajstić information content (AvgIpc) is 3.35. The third-order valence-electron chi connectivity index (χ3n) is 5.70. The molecule has 0 bridgehead atoms. The van der Waals surface area contributed by atoms with Crippen LogP contribution in [0.25, 0.3) is 5.69 Å². The van der Waals surface area contributed by atoms with Gasteiger partial charge in [0.2, 0.25) is 0 Å². The van der Waals surface area contributed by atoms with Gasteiger partial charge in [0, 0.05) is 42.2 Å². The normalized spacial score (nSPS) is 18.2. The smallest absolute Gasteiger partial charge is 0.170 e. The lowest BCUT2D eigenvalue weighted by atomic mass is 10.0. The van der Waals surface area contributed by atoms with Crippen molar-refractivity contribution >= 4 is 17.3 Å². The summed E-state index contributed by atoms with van der Waals surface area (Å²) in [4.78, 5) is 11.2. The Bertz CT molecular complexity index is 1170. The number of thiocarbonyl (C=S) groups is 1. The van der Waals surface area contributed by atoms with Gasteiger partial charge in [0.15, 0.2) is 5.11 Å². The highest BCUT2D eigenvalue weighted by atomic mass is 32.1. The summed E-state index contributed by atoms with van der Waals surface area (Å²) in [7, 11) is 0. The minimum atomic E-state index is -0.0536. The SMILES string of the molecule is Cc1ccc(C2C(c3ccccn3)NC(=S)N2Cc2cccnc2)n1-c1ccccc1. The molecule has 0 aliphatic carbocycles. The maximum absolute atomic E-state index is 5.82. The Morgan fingerprint density at radius 1 is 0.935 bits per heavy atom. The molecule has 31 heavy (non-hydrogen) atoms. The van der Waals surface area contributed by atoms with Crippen LogP contribution in [-0.2, 0) is 6.54 Å². The summed E-state index contributed by atoms with van der Waals surface area (Å²) < 4.78 is 2.31. The Labute approximate surface area is 187 Å². The molecule has 154 valence electrons. The zero-order valence-electron chi connectivity index (χ0n) is 17.2. The molecule has 1 aromatic carbocycles. The van der Waals surface area contributed by atoms with E-state index in [2.05, 4.69) is 80.2 Å². The first kappa shape index (κ1) is 19.5. The van der Waals surface area contributed by atoms with Crippen LogP contribution in [0.3, 0.4) is 0 Å². The van der Waals surface area contributed by atoms with Gasteiger partial charge in [-0.25, -0.2) is 0 Å². The van der Waals surface area contributed by atoms with Gasteiger partial charge in [0.1, 0.15) is 0 Å². The molecule has 4 heterocycles. The summed E-state index contributed by atoms with van der Waals surface area (Å²) >= 11 is 5.82. The Kier molecular flexibility index (Phi) is 5.22. The van der Waals surface area contributed by atoms with Crippen molar-refractivity contribution in [2.45, 2.75) is 25.6 Å². The topological polar surface area (TPSA) is 46.0 Å². The summed E-state index contributed by atoms with van der Waals surface area (Å²) in [5.41, 5.74) is 5.59. The van der Waals surface area contributed by atoms with Crippen LogP contribution in [0, 0.1) is 6.92 Å². The molecule has 1 saturated heterocycles. The van der Waals surface area contributed by atoms with Crippen molar-refractivity contribution in [2.24, 2.45) is 0 Å². The third kappa shape index (κ3) is 3.70. The van der Waals surface area contributed by atoms with Crippen LogP contribution in [0.15, 0.2) is 91.4 Å². The number of hydrogen-bond donors (Lipinski definition) is 1. The minimum Gasteiger partial charge on any atom is -0.352 e. The second kappa shape index (κ2) is 8.32. The van der Waals surface area contributed by atoms with E-state index in [0.29, 0.717) is 6.54 Å². The van der Waals surface area contributed by atoms with Crippen molar-refractivity contribution in [1.82, 2.24) is 24.8 Å². The molecule has 2 unspecified atom stereocenters. The maximum Gasteiger partial charge on any atom is 0.170 e. The summed E-state index contributed by atoms with van der Waals surface area (Å²) in [5, 5.41) is 4.26. The fourth-order valence-electron chi connectivity index (χ4n) is 4.31. The molecule has 6 heteroatoms. The summed E-state index contributed by atoms with van der Waals surface area (Å²) in [6, 6.07) is 24.8. The fourth-order valence-corrected chi connectivity index (χ4v) is 4.61. The van der Waals surface area contributed by atoms with Gasteiger partial charge in [0.25, 0.3) is 0 Å². The van der Waals surface area contributed by atoms with E-state index in [1.54, 1.807) is 6.20 Å². The number of aryl methyl sites for hydroxylation is 1. The van der Waals surface area contributed by atoms with Gasteiger partial charge in [-0.2, -0.15) is 0 Å². The molecular weight excluding hydrogens is 402 g/mol. The quantitative estimate of drug-likeness (QED) is 0.468. The Balaban J connectivity index is 1.63. The first-order valence-electron chi connectivity index (χ1n) is 10.3. The molecule has 3 aromatic heterocycles. The molecule has 2 atom stereocenters. The van der Waals surface area contributed by atoms with Crippen molar-refractivity contribution < 1.29 is 0 Å². The van der Waals surface area contributed by atoms with Gasteiger partial charge in [-0.3, -0.25) is 9.97 Å². The molecular formula is C25H23N5S. The molecule has 5 rings (SSSR count). The molecule has 1 aliphatic heterocycles. The molecule has 1 fully saturated rings. The summed E-state index contributed by atoms with van der Waals surface area (Å²) in [6.07, 6.45) is 5.53. The van der Waals surface area contributed by atoms with E-state index in [4.69, 9.17) is 12.2 Å². The monoisotopic (exact) mass is 425 g/mol. The number of rotatable bonds is 5. The largest absolute Gasteiger partial charge is 0.352 e. The molecule has 5 nitrogen and oxygen atoms in total. The first-order valence-corrected chi connectivity index (χ1v) is 10.7. The number of nitrogens with one attached hydrogen (secondary N) is 1. The lowest BCUT2D eigenvalue weighted by Gasteiger charge is -2.29. The van der Waals surface area contributed by atoms with Gasteiger partial charge in [-0.1, -0.05) is 30.3 Å². The van der Waals surface area contributed by atoms with Crippen molar-refractivity contribution in [3.63, 3.8) is 0 Å². The van der Waals surface area contributed by atoms with Crippen molar-refractivity contribution in [1.29, 1.82) is 0 Å². The molecule has 1 N–H and O–H groups in total. The van der Waals surface area contributed by atoms with Crippen molar-refractivity contribution in [3.05, 3.63) is 114 Å². The predicted octanol–water partition coefficient (Wildman–Crippen LogP) is 4.75. The summed E-state index contributed by atoms with van der Waals surface area (Å²) in [5.74, 6) is 0. The Morgan fingerprint density at radius 2 is 1.77 bits per heavy atom. The Hall–Kier alpha value is -3.51. The van der Waals surface area contributed by atoms with Gasteiger partial charge >= 0.3 is 0 Å². The second-order valence-corrected chi connectivity index (χ2v) is 8.07. The zero-order chi connectivity index (χ0) is 21.2. The zero-order valence-corrected chi connectivity index (χ0v) is 18.0. The molecule has 4 aromatic rings. The van der Waals surface area contributed by atoms with E-state index in [-0.39, 0.29) is 12.1 Å². The number of pyridine rings is 2. The van der Waals surface area contributed by atoms with Crippen molar-refractivity contribution in [3.8, 4) is 5.69 Å². The number of benzene rings is 1. The van der Waals surface area contributed by atoms with Gasteiger partial charge in [-0.05, 0) is 67.2 Å². The van der Waals surface area contributed by atoms with Crippen LogP contribution in [0.4, 0.5) is 0 Å². The van der Waals surface area contributed by atoms with Crippen LogP contribution < -0.4 is 5.32 Å². The number of hydrogen-bond acceptors (Lipinski definition) is 3. The maximum atomic E-state index is 5.82. The van der Waals surface area contributed by atoms with E-state index in [1.165, 1.54) is 11.4 Å². The number of nitrogens with zero attached hydrogens (tertiary/aromatic N) is 4. The first-order chi connectivity index (χ1) is 15.2. The highest BCUT2D eigenvalue weighted by Crippen LogP contribution is 2.40. The van der Waals surface area contributed by atoms with Crippen LogP contribution in [0.1, 0.15) is 34.7 Å². The lowest BCUT2D eigenvalue weighted by molar-refractivity contribution is 0.301. The van der Waals surface area contributed by atoms with Crippen LogP contribution in [0.5, 0.6) is 0 Å². The van der Waals surface area contributed by atoms with Crippen LogP contribution >= 0.6 is 12.2 Å². The minimum absolute atomic E-state index is 0.0171. The van der Waals surface area contributed by atoms with Crippen molar-refractivity contribution in [2.75, 3.05) is 0 Å². The number of para-hydroxylation sites is 1. The standard InChI is InChI=1S/C25H23N5S/c1-18-12-13-22(30(18)20-9-3-2-4-10-20)24-23(21-11-5-6-15-27-21)28-25(31)29(24)17-19-8-7-14-26-16-19/h2-16,23-24H,17H2,1H3,(H,28,31). The molecule has 0 saturated carbocycles. The third-order valence-corrected chi connectivity index (χ3v) is 6.05. The van der Waals surface area contributed by atoms with Crippen LogP contribution in [-0.4, -0.2) is 24.5 Å². The number of aromatic nitrogens is 3. The second-order valence-electron chi connectivity index (χ2n) is 7.69. The molecule has 0 amide bonds. The van der Waals surface area contributed by atoms with E-state index in [9.17, 15) is 0 Å². The fraction of sp³-hybridized carbons (Fsp3) is 0.160. The van der Waals surface area contributed by atoms with E-state index >= 15 is 0 Å². The van der Waals surface area contributed by atoms with E-state index in [1.807, 2.05) is 36.7 Å². The van der Waals surface area contributed by atoms with E-state index < -0.39 is 0 Å². The molecule has 0 spiro atoms. The van der Waals surface area contributed by atoms with Gasteiger partial charge in [0.05, 0.1) is 17.8 Å². The van der Waals surface area contributed by atoms with Gasteiger partial charge < -0.3 is 14.8 Å². The highest BCUT2D eigenvalue weighted by molar-refractivity contribution is 7.80. The van der Waals surface area contributed by atoms with Gasteiger partial charge in [-0.15, -0.1) is 0 Å². The summed E-state index contributed by atoms with van der Waals surface area (Å²) in [6.45, 7) is 2.81. The van der Waals surface area contributed by atoms with E-state index in [0.717, 1.165) is 22.1 Å². The lowest BCUT2D eigenvalue weighted by Crippen LogP contribution is -2.30.